The zero-order valence-electron chi connectivity index (χ0n) is 47.7. The number of halogens is 2. The van der Waals surface area contributed by atoms with Crippen LogP contribution in [0.2, 0.25) is 0 Å². The monoisotopic (exact) mass is 1110 g/mol. The van der Waals surface area contributed by atoms with Crippen molar-refractivity contribution in [1.29, 1.82) is 0 Å². The Kier molecular flexibility index (Phi) is 23.8. The molecule has 0 radical (unpaired) electrons. The molecule has 4 amide bonds. The topological polar surface area (TPSA) is 253 Å². The van der Waals surface area contributed by atoms with E-state index in [1.807, 2.05) is 39.0 Å². The molecular formula is C60H87F2N5O12. The van der Waals surface area contributed by atoms with Crippen molar-refractivity contribution < 1.29 is 67.4 Å². The molecule has 15 atom stereocenters. The number of benzene rings is 1. The lowest BCUT2D eigenvalue weighted by molar-refractivity contribution is -0.179. The molecule has 1 aromatic carbocycles. The molecule has 15 unspecified atom stereocenters. The summed E-state index contributed by atoms with van der Waals surface area (Å²) in [5, 5.41) is 54.1. The van der Waals surface area contributed by atoms with Gasteiger partial charge in [0.05, 0.1) is 30.3 Å². The van der Waals surface area contributed by atoms with Crippen LogP contribution in [-0.4, -0.2) is 122 Å². The molecule has 0 saturated carbocycles. The van der Waals surface area contributed by atoms with Gasteiger partial charge in [0.15, 0.2) is 23.1 Å². The number of hydrazine groups is 1. The number of aliphatic hydroxyl groups excluding tert-OH is 3. The lowest BCUT2D eigenvalue weighted by Crippen LogP contribution is -2.64. The number of carbonyl (C=O) groups is 6. The number of phenols is 1. The highest BCUT2D eigenvalue weighted by Crippen LogP contribution is 2.43. The van der Waals surface area contributed by atoms with Crippen molar-refractivity contribution >= 4 is 35.4 Å². The van der Waals surface area contributed by atoms with Crippen LogP contribution in [0.3, 0.4) is 0 Å². The van der Waals surface area contributed by atoms with E-state index in [0.717, 1.165) is 35.6 Å². The molecule has 17 nitrogen and oxygen atoms in total. The van der Waals surface area contributed by atoms with Crippen LogP contribution in [0.1, 0.15) is 139 Å². The number of ether oxygens (including phenoxy) is 2. The van der Waals surface area contributed by atoms with Gasteiger partial charge in [0.1, 0.15) is 30.0 Å². The molecule has 4 aliphatic rings. The van der Waals surface area contributed by atoms with Crippen LogP contribution in [0, 0.1) is 53.1 Å². The molecule has 19 heteroatoms. The third-order valence-electron chi connectivity index (χ3n) is 16.4. The van der Waals surface area contributed by atoms with Crippen LogP contribution < -0.4 is 21.4 Å². The lowest BCUT2D eigenvalue weighted by Gasteiger charge is -2.51. The van der Waals surface area contributed by atoms with Crippen molar-refractivity contribution in [2.75, 3.05) is 6.54 Å². The van der Waals surface area contributed by atoms with Gasteiger partial charge in [0.25, 0.3) is 5.91 Å². The van der Waals surface area contributed by atoms with Gasteiger partial charge in [0.2, 0.25) is 17.7 Å². The zero-order chi connectivity index (χ0) is 58.5. The number of phenolic OH excluding ortho intramolecular Hbond substituents is 1. The largest absolute Gasteiger partial charge is 0.505 e. The van der Waals surface area contributed by atoms with Gasteiger partial charge in [-0.05, 0) is 106 Å². The summed E-state index contributed by atoms with van der Waals surface area (Å²) in [6.45, 7) is 18.2. The quantitative estimate of drug-likeness (QED) is 0.0522. The number of aromatic hydroxyl groups is 1. The molecule has 0 aliphatic carbocycles. The van der Waals surface area contributed by atoms with Crippen LogP contribution in [-0.2, 0) is 44.7 Å². The summed E-state index contributed by atoms with van der Waals surface area (Å²) in [7, 11) is 0. The Hall–Kier alpha value is -5.60. The minimum absolute atomic E-state index is 0.00747. The summed E-state index contributed by atoms with van der Waals surface area (Å²) >= 11 is 0. The molecule has 2 bridgehead atoms. The van der Waals surface area contributed by atoms with Gasteiger partial charge in [-0.15, -0.1) is 0 Å². The summed E-state index contributed by atoms with van der Waals surface area (Å²) in [5.74, 6) is -10.1. The predicted octanol–water partition coefficient (Wildman–Crippen LogP) is 6.63. The number of ketones is 1. The second-order valence-corrected chi connectivity index (χ2v) is 22.9. The van der Waals surface area contributed by atoms with Crippen molar-refractivity contribution in [2.24, 2.45) is 41.4 Å². The molecule has 5 rings (SSSR count). The molecule has 2 saturated heterocycles. The maximum absolute atomic E-state index is 14.6. The zero-order valence-corrected chi connectivity index (χ0v) is 47.7. The minimum Gasteiger partial charge on any atom is -0.505 e. The fourth-order valence-corrected chi connectivity index (χ4v) is 11.0. The average Bonchev–Trinajstić information content (AvgIpc) is 3.48. The van der Waals surface area contributed by atoms with Gasteiger partial charge in [-0.2, -0.15) is 4.39 Å². The number of hydrogen-bond donors (Lipinski definition) is 8. The predicted molar refractivity (Wildman–Crippen MR) is 294 cm³/mol. The van der Waals surface area contributed by atoms with Crippen LogP contribution in [0.25, 0.3) is 0 Å². The third kappa shape index (κ3) is 17.0. The fourth-order valence-electron chi connectivity index (χ4n) is 11.0. The first-order valence-corrected chi connectivity index (χ1v) is 28.2. The summed E-state index contributed by atoms with van der Waals surface area (Å²) in [5.41, 5.74) is 3.64. The highest BCUT2D eigenvalue weighted by atomic mass is 19.2. The number of hydrogen-bond acceptors (Lipinski definition) is 13. The smallest absolute Gasteiger partial charge is 0.325 e. The van der Waals surface area contributed by atoms with Gasteiger partial charge in [-0.3, -0.25) is 29.0 Å². The number of aliphatic hydroxyl groups is 3. The van der Waals surface area contributed by atoms with E-state index in [2.05, 4.69) is 41.3 Å². The number of carbonyl (C=O) groups excluding carboxylic acids is 6. The van der Waals surface area contributed by atoms with E-state index in [9.17, 15) is 58.0 Å². The maximum atomic E-state index is 14.6. The Labute approximate surface area is 464 Å². The number of cyclic esters (lactones) is 1. The lowest BCUT2D eigenvalue weighted by atomic mass is 9.75. The van der Waals surface area contributed by atoms with Crippen LogP contribution >= 0.6 is 0 Å². The third-order valence-corrected chi connectivity index (χ3v) is 16.4. The highest BCUT2D eigenvalue weighted by molar-refractivity contribution is 5.93. The fraction of sp³-hybridized carbons (Fsp3) is 0.633. The number of esters is 1. The van der Waals surface area contributed by atoms with Gasteiger partial charge < -0.3 is 50.6 Å². The van der Waals surface area contributed by atoms with E-state index in [1.54, 1.807) is 39.0 Å². The molecule has 0 aromatic heterocycles. The van der Waals surface area contributed by atoms with Gasteiger partial charge in [-0.25, -0.2) is 9.82 Å². The Morgan fingerprint density at radius 1 is 1.00 bits per heavy atom. The summed E-state index contributed by atoms with van der Waals surface area (Å²) < 4.78 is 41.7. The van der Waals surface area contributed by atoms with E-state index in [-0.39, 0.29) is 79.3 Å². The van der Waals surface area contributed by atoms with Crippen molar-refractivity contribution in [2.45, 2.75) is 194 Å². The summed E-state index contributed by atoms with van der Waals surface area (Å²) in [4.78, 5) is 82.1. The number of Topliss-reactive ketones (excluding diaryl/α,β-unsaturated/α-hetero) is 1. The molecule has 1 aromatic rings. The van der Waals surface area contributed by atoms with E-state index in [1.165, 1.54) is 19.9 Å². The standard InChI is InChI=1S/C60H87F2N5O12/c1-11-42-28-38(8)60(65-55(42)73)37(7)27-36(6)51(79-60)32-48(70)34(4)19-14-12-15-20-35(5)50-23-17-13-16-22-47(69)40(10)54(72)43(25-24-39(9)68)56(74)64-53(33(2)3)57(75)63-46(30-41-29-44(61)52(62)49(71)31-41)58(76)67-26-18-21-45(66-67)59(77)78-50/h12-13,15-17,20,22,27,29,31,33-34,36,38,40,42-43,45-48,50-51,53-54,66,69-72H,11,14,18-19,21,23-26,28,30,32H2,1-10H3,(H,63,75)(H,64,74)(H,65,73). The van der Waals surface area contributed by atoms with Gasteiger partial charge in [-0.1, -0.05) is 97.1 Å². The SMILES string of the molecule is CCC1CC(C)C2(NC1=O)OC(CC(O)C(C)CCC=CC=C(C)C1CC=CC=CC(O)C(C)C(O)C(CCC(C)=O)C(=O)NC(C(C)C)C(=O)NC(Cc3cc(O)c(F)c(F)c3)C(=O)N3CCCC(N3)C(=O)O1)C(C)C=C2C. The van der Waals surface area contributed by atoms with E-state index >= 15 is 0 Å². The number of allylic oxidation sites excluding steroid dienone is 5. The van der Waals surface area contributed by atoms with Crippen molar-refractivity contribution in [1.82, 2.24) is 26.4 Å². The van der Waals surface area contributed by atoms with Gasteiger partial charge in [0, 0.05) is 55.9 Å². The van der Waals surface area contributed by atoms with Gasteiger partial charge >= 0.3 is 5.97 Å². The normalized spacial score (nSPS) is 31.9. The molecule has 4 aliphatic heterocycles. The molecule has 79 heavy (non-hydrogen) atoms. The first-order valence-electron chi connectivity index (χ1n) is 28.2. The number of piperidine rings is 1. The first-order chi connectivity index (χ1) is 37.3. The molecular weight excluding hydrogens is 1020 g/mol. The Morgan fingerprint density at radius 3 is 2.39 bits per heavy atom. The van der Waals surface area contributed by atoms with E-state index in [0.29, 0.717) is 31.3 Å². The Morgan fingerprint density at radius 2 is 1.72 bits per heavy atom. The van der Waals surface area contributed by atoms with Crippen molar-refractivity contribution in [3.8, 4) is 5.75 Å². The van der Waals surface area contributed by atoms with Crippen LogP contribution in [0.5, 0.6) is 5.75 Å². The molecule has 2 fully saturated rings. The Balaban J connectivity index is 1.36. The molecule has 4 heterocycles. The van der Waals surface area contributed by atoms with Crippen molar-refractivity contribution in [3.63, 3.8) is 0 Å². The average molecular weight is 1110 g/mol. The first kappa shape index (κ1) is 64.2. The van der Waals surface area contributed by atoms with E-state index < -0.39 is 114 Å². The summed E-state index contributed by atoms with van der Waals surface area (Å²) in [6, 6.07) is -2.18. The second kappa shape index (κ2) is 29.2. The number of rotatable bonds is 15. The van der Waals surface area contributed by atoms with Crippen molar-refractivity contribution in [3.05, 3.63) is 89.1 Å². The molecule has 438 valence electrons. The highest BCUT2D eigenvalue weighted by Gasteiger charge is 2.51. The molecule has 8 N–H and O–H groups in total. The van der Waals surface area contributed by atoms with Crippen LogP contribution in [0.4, 0.5) is 8.78 Å². The number of fused-ring (bicyclic) bond motifs is 2. The second-order valence-electron chi connectivity index (χ2n) is 22.9. The Bertz CT molecular complexity index is 2460. The van der Waals surface area contributed by atoms with E-state index in [4.69, 9.17) is 9.47 Å². The summed E-state index contributed by atoms with van der Waals surface area (Å²) in [6.07, 6.45) is 12.9. The minimum atomic E-state index is -1.52. The van der Waals surface area contributed by atoms with Crippen LogP contribution in [0.15, 0.2) is 71.9 Å². The number of amides is 4. The number of nitrogens with zero attached hydrogens (tertiary/aromatic N) is 1. The molecule has 1 spiro atoms. The number of nitrogens with one attached hydrogen (secondary N) is 4. The maximum Gasteiger partial charge on any atom is 0.325 e.